The number of carbonyl (C=O) groups is 2. The molecule has 3 aromatic carbocycles. The number of methoxy groups -OCH3 is 1. The number of benzene rings is 3. The molecule has 0 heterocycles. The van der Waals surface area contributed by atoms with Gasteiger partial charge in [0, 0.05) is 11.3 Å². The number of nitrogens with one attached hydrogen (secondary N) is 2. The summed E-state index contributed by atoms with van der Waals surface area (Å²) >= 11 is 0. The van der Waals surface area contributed by atoms with E-state index < -0.39 is 0 Å². The van der Waals surface area contributed by atoms with E-state index in [4.69, 9.17) is 9.47 Å². The summed E-state index contributed by atoms with van der Waals surface area (Å²) in [6.45, 7) is 1.75. The molecule has 0 aromatic heterocycles. The number of ether oxygens (including phenoxy) is 2. The first-order valence-electron chi connectivity index (χ1n) is 9.58. The molecule has 1 atom stereocenters. The Hall–Kier alpha value is -3.80. The van der Waals surface area contributed by atoms with E-state index in [-0.39, 0.29) is 24.5 Å². The largest absolute Gasteiger partial charge is 0.493 e. The third-order valence-corrected chi connectivity index (χ3v) is 4.48. The van der Waals surface area contributed by atoms with Crippen LogP contribution in [0.25, 0.3) is 0 Å². The van der Waals surface area contributed by atoms with Crippen molar-refractivity contribution in [2.24, 2.45) is 0 Å². The Labute approximate surface area is 175 Å². The topological polar surface area (TPSA) is 76.7 Å². The smallest absolute Gasteiger partial charge is 0.262 e. The molecule has 0 saturated heterocycles. The third kappa shape index (κ3) is 5.61. The van der Waals surface area contributed by atoms with Crippen molar-refractivity contribution in [3.05, 3.63) is 90.0 Å². The Morgan fingerprint density at radius 1 is 0.900 bits per heavy atom. The highest BCUT2D eigenvalue weighted by Gasteiger charge is 2.13. The second kappa shape index (κ2) is 10.1. The van der Waals surface area contributed by atoms with Crippen molar-refractivity contribution in [3.8, 4) is 11.5 Å². The molecule has 154 valence electrons. The minimum absolute atomic E-state index is 0.133. The van der Waals surface area contributed by atoms with Gasteiger partial charge in [0.25, 0.3) is 11.8 Å². The number of anilines is 1. The van der Waals surface area contributed by atoms with E-state index in [1.807, 2.05) is 43.3 Å². The van der Waals surface area contributed by atoms with Crippen molar-refractivity contribution in [3.63, 3.8) is 0 Å². The normalized spacial score (nSPS) is 11.3. The number of hydrogen-bond donors (Lipinski definition) is 2. The van der Waals surface area contributed by atoms with E-state index in [0.29, 0.717) is 22.7 Å². The van der Waals surface area contributed by atoms with Crippen LogP contribution < -0.4 is 20.1 Å². The molecule has 1 unspecified atom stereocenters. The zero-order valence-corrected chi connectivity index (χ0v) is 16.9. The first-order valence-corrected chi connectivity index (χ1v) is 9.58. The zero-order valence-electron chi connectivity index (χ0n) is 16.9. The van der Waals surface area contributed by atoms with E-state index in [1.54, 1.807) is 42.5 Å². The second-order valence-corrected chi connectivity index (χ2v) is 6.67. The molecule has 0 aliphatic rings. The van der Waals surface area contributed by atoms with Crippen LogP contribution in [0.1, 0.15) is 28.9 Å². The average Bonchev–Trinajstić information content (AvgIpc) is 2.78. The van der Waals surface area contributed by atoms with Crippen molar-refractivity contribution < 1.29 is 19.1 Å². The molecule has 0 aliphatic carbocycles. The number of amides is 2. The van der Waals surface area contributed by atoms with E-state index in [0.717, 1.165) is 5.56 Å². The van der Waals surface area contributed by atoms with Crippen molar-refractivity contribution in [1.82, 2.24) is 5.32 Å². The molecule has 0 fully saturated rings. The van der Waals surface area contributed by atoms with Crippen molar-refractivity contribution in [1.29, 1.82) is 0 Å². The Balaban J connectivity index is 1.58. The lowest BCUT2D eigenvalue weighted by molar-refractivity contribution is -0.118. The molecule has 0 radical (unpaired) electrons. The summed E-state index contributed by atoms with van der Waals surface area (Å²) in [5, 5.41) is 5.71. The molecule has 3 rings (SSSR count). The third-order valence-electron chi connectivity index (χ3n) is 4.48. The molecule has 2 amide bonds. The van der Waals surface area contributed by atoms with Gasteiger partial charge in [-0.3, -0.25) is 9.59 Å². The molecule has 0 spiro atoms. The number of hydrogen-bond acceptors (Lipinski definition) is 4. The lowest BCUT2D eigenvalue weighted by Crippen LogP contribution is -2.27. The molecule has 3 aromatic rings. The highest BCUT2D eigenvalue weighted by molar-refractivity contribution is 5.97. The van der Waals surface area contributed by atoms with Crippen LogP contribution in [0.5, 0.6) is 11.5 Å². The van der Waals surface area contributed by atoms with Crippen LogP contribution in [-0.2, 0) is 4.79 Å². The van der Waals surface area contributed by atoms with Gasteiger partial charge in [0.1, 0.15) is 0 Å². The lowest BCUT2D eigenvalue weighted by atomic mass is 10.1. The van der Waals surface area contributed by atoms with Gasteiger partial charge in [-0.25, -0.2) is 0 Å². The van der Waals surface area contributed by atoms with Gasteiger partial charge in [-0.15, -0.1) is 0 Å². The van der Waals surface area contributed by atoms with Crippen molar-refractivity contribution in [2.45, 2.75) is 13.0 Å². The Morgan fingerprint density at radius 2 is 1.60 bits per heavy atom. The summed E-state index contributed by atoms with van der Waals surface area (Å²) in [4.78, 5) is 24.8. The lowest BCUT2D eigenvalue weighted by Gasteiger charge is -2.15. The fourth-order valence-electron chi connectivity index (χ4n) is 2.92. The van der Waals surface area contributed by atoms with E-state index in [9.17, 15) is 9.59 Å². The summed E-state index contributed by atoms with van der Waals surface area (Å²) in [5.74, 6) is 0.485. The van der Waals surface area contributed by atoms with Crippen LogP contribution in [0.15, 0.2) is 78.9 Å². The summed E-state index contributed by atoms with van der Waals surface area (Å²) in [7, 11) is 1.54. The number of para-hydroxylation sites is 2. The highest BCUT2D eigenvalue weighted by atomic mass is 16.5. The van der Waals surface area contributed by atoms with Crippen LogP contribution in [0, 0.1) is 0 Å². The van der Waals surface area contributed by atoms with Gasteiger partial charge in [-0.05, 0) is 42.8 Å². The molecule has 6 heteroatoms. The molecule has 0 bridgehead atoms. The van der Waals surface area contributed by atoms with Crippen LogP contribution in [-0.4, -0.2) is 25.5 Å². The molecule has 0 aliphatic heterocycles. The van der Waals surface area contributed by atoms with Gasteiger partial charge in [-0.1, -0.05) is 48.5 Å². The molecule has 0 saturated carbocycles. The van der Waals surface area contributed by atoms with Crippen molar-refractivity contribution in [2.75, 3.05) is 19.0 Å². The SMILES string of the molecule is COc1ccccc1OCC(=O)Nc1cccc(C(=O)NC(C)c2ccccc2)c1. The summed E-state index contributed by atoms with van der Waals surface area (Å²) in [5.41, 5.74) is 1.99. The van der Waals surface area contributed by atoms with Gasteiger partial charge in [0.15, 0.2) is 18.1 Å². The van der Waals surface area contributed by atoms with E-state index >= 15 is 0 Å². The summed E-state index contributed by atoms with van der Waals surface area (Å²) in [6, 6.07) is 23.5. The molecular formula is C24H24N2O4. The van der Waals surface area contributed by atoms with Crippen LogP contribution >= 0.6 is 0 Å². The van der Waals surface area contributed by atoms with E-state index in [2.05, 4.69) is 10.6 Å². The van der Waals surface area contributed by atoms with Gasteiger partial charge >= 0.3 is 0 Å². The number of rotatable bonds is 8. The first kappa shape index (κ1) is 20.9. The molecular weight excluding hydrogens is 380 g/mol. The Kier molecular flexibility index (Phi) is 7.05. The average molecular weight is 404 g/mol. The van der Waals surface area contributed by atoms with Crippen LogP contribution in [0.4, 0.5) is 5.69 Å². The predicted molar refractivity (Wildman–Crippen MR) is 116 cm³/mol. The quantitative estimate of drug-likeness (QED) is 0.590. The minimum Gasteiger partial charge on any atom is -0.493 e. The van der Waals surface area contributed by atoms with Gasteiger partial charge in [0.2, 0.25) is 0 Å². The maximum atomic E-state index is 12.6. The Bertz CT molecular complexity index is 1000. The molecule has 30 heavy (non-hydrogen) atoms. The maximum Gasteiger partial charge on any atom is 0.262 e. The van der Waals surface area contributed by atoms with Crippen molar-refractivity contribution >= 4 is 17.5 Å². The van der Waals surface area contributed by atoms with Gasteiger partial charge < -0.3 is 20.1 Å². The first-order chi connectivity index (χ1) is 14.6. The fourth-order valence-corrected chi connectivity index (χ4v) is 2.92. The second-order valence-electron chi connectivity index (χ2n) is 6.67. The predicted octanol–water partition coefficient (Wildman–Crippen LogP) is 4.20. The molecule has 6 nitrogen and oxygen atoms in total. The van der Waals surface area contributed by atoms with E-state index in [1.165, 1.54) is 7.11 Å². The number of carbonyl (C=O) groups excluding carboxylic acids is 2. The fraction of sp³-hybridized carbons (Fsp3) is 0.167. The van der Waals surface area contributed by atoms with Gasteiger partial charge in [0.05, 0.1) is 13.2 Å². The summed E-state index contributed by atoms with van der Waals surface area (Å²) < 4.78 is 10.7. The zero-order chi connectivity index (χ0) is 21.3. The molecule has 2 N–H and O–H groups in total. The standard InChI is InChI=1S/C24H24N2O4/c1-17(18-9-4-3-5-10-18)25-24(28)19-11-8-12-20(15-19)26-23(27)16-30-22-14-7-6-13-21(22)29-2/h3-15,17H,16H2,1-2H3,(H,25,28)(H,26,27). The highest BCUT2D eigenvalue weighted by Crippen LogP contribution is 2.25. The minimum atomic E-state index is -0.337. The monoisotopic (exact) mass is 404 g/mol. The van der Waals surface area contributed by atoms with Crippen LogP contribution in [0.2, 0.25) is 0 Å². The Morgan fingerprint density at radius 3 is 2.33 bits per heavy atom. The summed E-state index contributed by atoms with van der Waals surface area (Å²) in [6.07, 6.45) is 0. The maximum absolute atomic E-state index is 12.6. The van der Waals surface area contributed by atoms with Gasteiger partial charge in [-0.2, -0.15) is 0 Å². The van der Waals surface area contributed by atoms with Crippen LogP contribution in [0.3, 0.4) is 0 Å².